The summed E-state index contributed by atoms with van der Waals surface area (Å²) in [5.74, 6) is 1.25. The molecule has 132 valence electrons. The number of likely N-dealkylation sites (N-methyl/N-ethyl adjacent to an activating group) is 1. The molecule has 1 amide bonds. The Labute approximate surface area is 148 Å². The second kappa shape index (κ2) is 7.61. The van der Waals surface area contributed by atoms with Gasteiger partial charge in [-0.1, -0.05) is 25.1 Å². The number of nitrogens with one attached hydrogen (secondary N) is 1. The van der Waals surface area contributed by atoms with Crippen LogP contribution in [0.5, 0.6) is 0 Å². The summed E-state index contributed by atoms with van der Waals surface area (Å²) in [4.78, 5) is 26.1. The van der Waals surface area contributed by atoms with E-state index in [1.54, 1.807) is 6.07 Å². The lowest BCUT2D eigenvalue weighted by Gasteiger charge is -2.33. The van der Waals surface area contributed by atoms with Crippen molar-refractivity contribution < 1.29 is 4.79 Å². The summed E-state index contributed by atoms with van der Waals surface area (Å²) in [6.07, 6.45) is 0.867. The van der Waals surface area contributed by atoms with Crippen molar-refractivity contribution in [1.82, 2.24) is 14.9 Å². The van der Waals surface area contributed by atoms with Crippen LogP contribution in [0.3, 0.4) is 0 Å². The highest BCUT2D eigenvalue weighted by molar-refractivity contribution is 6.03. The van der Waals surface area contributed by atoms with Gasteiger partial charge in [-0.3, -0.25) is 4.79 Å². The second-order valence-electron chi connectivity index (χ2n) is 6.41. The highest BCUT2D eigenvalue weighted by Crippen LogP contribution is 2.18. The molecule has 6 nitrogen and oxygen atoms in total. The van der Waals surface area contributed by atoms with Crippen LogP contribution in [-0.2, 0) is 6.42 Å². The van der Waals surface area contributed by atoms with E-state index in [1.165, 1.54) is 0 Å². The average molecular weight is 339 g/mol. The first-order valence-corrected chi connectivity index (χ1v) is 8.75. The topological polar surface area (TPSA) is 61.4 Å². The number of rotatable bonds is 4. The SMILES string of the molecule is CCc1ccccc1NC(=O)c1cc(N2CCN(C)CC2)nc(C)n1. The van der Waals surface area contributed by atoms with E-state index >= 15 is 0 Å². The zero-order valence-electron chi connectivity index (χ0n) is 15.1. The minimum absolute atomic E-state index is 0.193. The molecule has 0 radical (unpaired) electrons. The molecule has 1 fully saturated rings. The molecule has 1 saturated heterocycles. The molecule has 2 aromatic rings. The lowest BCUT2D eigenvalue weighted by Crippen LogP contribution is -2.45. The first-order valence-electron chi connectivity index (χ1n) is 8.75. The molecule has 0 atom stereocenters. The Hall–Kier alpha value is -2.47. The Morgan fingerprint density at radius 1 is 1.16 bits per heavy atom. The lowest BCUT2D eigenvalue weighted by molar-refractivity contribution is 0.102. The van der Waals surface area contributed by atoms with Gasteiger partial charge in [-0.15, -0.1) is 0 Å². The highest BCUT2D eigenvalue weighted by atomic mass is 16.1. The Morgan fingerprint density at radius 2 is 1.88 bits per heavy atom. The number of aryl methyl sites for hydroxylation is 2. The minimum Gasteiger partial charge on any atom is -0.354 e. The standard InChI is InChI=1S/C19H25N5O/c1-4-15-7-5-6-8-16(15)22-19(25)17-13-18(21-14(2)20-17)24-11-9-23(3)10-12-24/h5-8,13H,4,9-12H2,1-3H3,(H,22,25). The first kappa shape index (κ1) is 17.4. The molecule has 0 aliphatic carbocycles. The number of nitrogens with zero attached hydrogens (tertiary/aromatic N) is 4. The Morgan fingerprint density at radius 3 is 2.60 bits per heavy atom. The van der Waals surface area contributed by atoms with Crippen LogP contribution in [0.1, 0.15) is 28.8 Å². The van der Waals surface area contributed by atoms with Gasteiger partial charge in [0.15, 0.2) is 0 Å². The molecular formula is C19H25N5O. The smallest absolute Gasteiger partial charge is 0.274 e. The zero-order valence-corrected chi connectivity index (χ0v) is 15.1. The average Bonchev–Trinajstić information content (AvgIpc) is 2.62. The van der Waals surface area contributed by atoms with Crippen LogP contribution in [0, 0.1) is 6.92 Å². The summed E-state index contributed by atoms with van der Waals surface area (Å²) in [5.41, 5.74) is 2.36. The molecule has 0 bridgehead atoms. The molecule has 2 heterocycles. The van der Waals surface area contributed by atoms with Gasteiger partial charge < -0.3 is 15.1 Å². The number of hydrogen-bond acceptors (Lipinski definition) is 5. The van der Waals surface area contributed by atoms with Crippen molar-refractivity contribution in [2.24, 2.45) is 0 Å². The lowest BCUT2D eigenvalue weighted by atomic mass is 10.1. The van der Waals surface area contributed by atoms with Gasteiger partial charge in [-0.2, -0.15) is 0 Å². The summed E-state index contributed by atoms with van der Waals surface area (Å²) in [6.45, 7) is 7.71. The Balaban J connectivity index is 1.81. The fourth-order valence-electron chi connectivity index (χ4n) is 3.00. The molecule has 0 saturated carbocycles. The number of carbonyl (C=O) groups excluding carboxylic acids is 1. The van der Waals surface area contributed by atoms with Gasteiger partial charge in [0.1, 0.15) is 17.3 Å². The highest BCUT2D eigenvalue weighted by Gasteiger charge is 2.18. The molecular weight excluding hydrogens is 314 g/mol. The van der Waals surface area contributed by atoms with Crippen molar-refractivity contribution in [3.8, 4) is 0 Å². The predicted molar refractivity (Wildman–Crippen MR) is 100 cm³/mol. The number of benzene rings is 1. The number of anilines is 2. The van der Waals surface area contributed by atoms with Crippen molar-refractivity contribution >= 4 is 17.4 Å². The van der Waals surface area contributed by atoms with Gasteiger partial charge in [0.25, 0.3) is 5.91 Å². The van der Waals surface area contributed by atoms with Crippen molar-refractivity contribution in [1.29, 1.82) is 0 Å². The number of hydrogen-bond donors (Lipinski definition) is 1. The van der Waals surface area contributed by atoms with E-state index in [0.717, 1.165) is 49.7 Å². The predicted octanol–water partition coefficient (Wildman–Crippen LogP) is 2.35. The molecule has 1 aliphatic rings. The van der Waals surface area contributed by atoms with Crippen molar-refractivity contribution in [2.45, 2.75) is 20.3 Å². The van der Waals surface area contributed by atoms with Crippen LogP contribution in [0.25, 0.3) is 0 Å². The van der Waals surface area contributed by atoms with Crippen LogP contribution in [0.15, 0.2) is 30.3 Å². The van der Waals surface area contributed by atoms with E-state index in [2.05, 4.69) is 39.1 Å². The van der Waals surface area contributed by atoms with Crippen LogP contribution in [0.4, 0.5) is 11.5 Å². The minimum atomic E-state index is -0.193. The summed E-state index contributed by atoms with van der Waals surface area (Å²) in [7, 11) is 2.12. The molecule has 25 heavy (non-hydrogen) atoms. The van der Waals surface area contributed by atoms with Gasteiger partial charge >= 0.3 is 0 Å². The van der Waals surface area contributed by atoms with Gasteiger partial charge in [-0.05, 0) is 32.0 Å². The molecule has 1 aromatic heterocycles. The molecule has 1 N–H and O–H groups in total. The number of amides is 1. The van der Waals surface area contributed by atoms with E-state index in [9.17, 15) is 4.79 Å². The normalized spacial score (nSPS) is 15.2. The third-order valence-corrected chi connectivity index (χ3v) is 4.53. The van der Waals surface area contributed by atoms with Crippen LogP contribution < -0.4 is 10.2 Å². The van der Waals surface area contributed by atoms with Gasteiger partial charge in [0, 0.05) is 37.9 Å². The molecule has 1 aliphatic heterocycles. The molecule has 6 heteroatoms. The summed E-state index contributed by atoms with van der Waals surface area (Å²) >= 11 is 0. The molecule has 0 spiro atoms. The molecule has 1 aromatic carbocycles. The van der Waals surface area contributed by atoms with E-state index in [-0.39, 0.29) is 5.91 Å². The molecule has 0 unspecified atom stereocenters. The van der Waals surface area contributed by atoms with Crippen molar-refractivity contribution in [3.63, 3.8) is 0 Å². The number of piperazine rings is 1. The summed E-state index contributed by atoms with van der Waals surface area (Å²) in [6, 6.07) is 9.65. The maximum absolute atomic E-state index is 12.7. The van der Waals surface area contributed by atoms with E-state index in [4.69, 9.17) is 0 Å². The number of aromatic nitrogens is 2. The van der Waals surface area contributed by atoms with E-state index < -0.39 is 0 Å². The van der Waals surface area contributed by atoms with Crippen LogP contribution in [-0.4, -0.2) is 54.0 Å². The Bertz CT molecular complexity index is 753. The molecule has 3 rings (SSSR count). The van der Waals surface area contributed by atoms with Gasteiger partial charge in [0.2, 0.25) is 0 Å². The fourth-order valence-corrected chi connectivity index (χ4v) is 3.00. The van der Waals surface area contributed by atoms with Crippen molar-refractivity contribution in [3.05, 3.63) is 47.4 Å². The first-order chi connectivity index (χ1) is 12.1. The van der Waals surface area contributed by atoms with Crippen LogP contribution in [0.2, 0.25) is 0 Å². The van der Waals surface area contributed by atoms with Gasteiger partial charge in [-0.25, -0.2) is 9.97 Å². The largest absolute Gasteiger partial charge is 0.354 e. The summed E-state index contributed by atoms with van der Waals surface area (Å²) < 4.78 is 0. The number of carbonyl (C=O) groups is 1. The maximum Gasteiger partial charge on any atom is 0.274 e. The number of para-hydroxylation sites is 1. The van der Waals surface area contributed by atoms with E-state index in [1.807, 2.05) is 31.2 Å². The second-order valence-corrected chi connectivity index (χ2v) is 6.41. The van der Waals surface area contributed by atoms with Gasteiger partial charge in [0.05, 0.1) is 0 Å². The zero-order chi connectivity index (χ0) is 17.8. The van der Waals surface area contributed by atoms with Crippen LogP contribution >= 0.6 is 0 Å². The third kappa shape index (κ3) is 4.14. The Kier molecular flexibility index (Phi) is 5.28. The monoisotopic (exact) mass is 339 g/mol. The fraction of sp³-hybridized carbons (Fsp3) is 0.421. The van der Waals surface area contributed by atoms with Crippen molar-refractivity contribution in [2.75, 3.05) is 43.4 Å². The summed E-state index contributed by atoms with van der Waals surface area (Å²) in [5, 5.41) is 2.99. The quantitative estimate of drug-likeness (QED) is 0.926. The van der Waals surface area contributed by atoms with E-state index in [0.29, 0.717) is 11.5 Å². The maximum atomic E-state index is 12.7. The third-order valence-electron chi connectivity index (χ3n) is 4.53.